The van der Waals surface area contributed by atoms with Gasteiger partial charge in [0, 0.05) is 18.3 Å². The summed E-state index contributed by atoms with van der Waals surface area (Å²) in [6.45, 7) is 3.80. The predicted molar refractivity (Wildman–Crippen MR) is 81.1 cm³/mol. The Kier molecular flexibility index (Phi) is 5.24. The molecule has 0 N–H and O–H groups in total. The minimum Gasteiger partial charge on any atom is -0.301 e. The second-order valence-electron chi connectivity index (χ2n) is 4.60. The third kappa shape index (κ3) is 4.53. The fraction of sp³-hybridized carbons (Fsp3) is 0.429. The van der Waals surface area contributed by atoms with Crippen molar-refractivity contribution in [3.05, 3.63) is 38.5 Å². The monoisotopic (exact) mass is 294 g/mol. The van der Waals surface area contributed by atoms with E-state index < -0.39 is 0 Å². The Balaban J connectivity index is 1.69. The number of aromatic nitrogens is 1. The molecule has 0 aliphatic carbocycles. The second-order valence-corrected chi connectivity index (χ2v) is 6.61. The van der Waals surface area contributed by atoms with Crippen LogP contribution in [-0.4, -0.2) is 29.3 Å². The number of rotatable bonds is 7. The predicted octanol–water partition coefficient (Wildman–Crippen LogP) is 3.61. The Morgan fingerprint density at radius 2 is 2.26 bits per heavy atom. The number of hydrogen-bond donors (Lipinski definition) is 0. The van der Waals surface area contributed by atoms with E-state index >= 15 is 0 Å². The molecule has 2 aromatic rings. The summed E-state index contributed by atoms with van der Waals surface area (Å²) in [5.74, 6) is 0.257. The van der Waals surface area contributed by atoms with Crippen LogP contribution in [0.4, 0.5) is 0 Å². The first-order chi connectivity index (χ1) is 9.15. The summed E-state index contributed by atoms with van der Waals surface area (Å²) >= 11 is 3.21. The molecule has 0 unspecified atom stereocenters. The lowest BCUT2D eigenvalue weighted by Gasteiger charge is -2.14. The van der Waals surface area contributed by atoms with Gasteiger partial charge < -0.3 is 4.90 Å². The zero-order chi connectivity index (χ0) is 13.7. The standard InChI is InChI=1S/C14H18N2OS2/c1-11-15-12(10-19-11)9-16(2)7-3-5-13(17)14-6-4-8-18-14/h4,6,8,10H,3,5,7,9H2,1-2H3. The average Bonchev–Trinajstić information content (AvgIpc) is 3.00. The van der Waals surface area contributed by atoms with E-state index in [1.165, 1.54) is 11.3 Å². The number of aryl methyl sites for hydroxylation is 1. The molecule has 0 aliphatic heterocycles. The van der Waals surface area contributed by atoms with E-state index in [0.717, 1.165) is 35.1 Å². The van der Waals surface area contributed by atoms with Crippen LogP contribution in [0.15, 0.2) is 22.9 Å². The van der Waals surface area contributed by atoms with Crippen LogP contribution in [0.2, 0.25) is 0 Å². The number of Topliss-reactive ketones (excluding diaryl/α,β-unsaturated/α-hetero) is 1. The van der Waals surface area contributed by atoms with E-state index in [2.05, 4.69) is 22.3 Å². The lowest BCUT2D eigenvalue weighted by Crippen LogP contribution is -2.20. The molecule has 0 atom stereocenters. The van der Waals surface area contributed by atoms with Crippen molar-refractivity contribution in [3.8, 4) is 0 Å². The summed E-state index contributed by atoms with van der Waals surface area (Å²) in [5.41, 5.74) is 1.12. The Morgan fingerprint density at radius 3 is 2.89 bits per heavy atom. The van der Waals surface area contributed by atoms with Crippen LogP contribution in [0.5, 0.6) is 0 Å². The van der Waals surface area contributed by atoms with Crippen LogP contribution in [0.25, 0.3) is 0 Å². The zero-order valence-electron chi connectivity index (χ0n) is 11.3. The van der Waals surface area contributed by atoms with E-state index in [-0.39, 0.29) is 5.78 Å². The van der Waals surface area contributed by atoms with Crippen LogP contribution < -0.4 is 0 Å². The molecule has 0 aliphatic rings. The number of hydrogen-bond acceptors (Lipinski definition) is 5. The minimum absolute atomic E-state index is 0.257. The Hall–Kier alpha value is -1.04. The fourth-order valence-electron chi connectivity index (χ4n) is 1.91. The SMILES string of the molecule is Cc1nc(CN(C)CCCC(=O)c2cccs2)cs1. The summed E-state index contributed by atoms with van der Waals surface area (Å²) in [7, 11) is 2.07. The van der Waals surface area contributed by atoms with Crippen LogP contribution in [0.3, 0.4) is 0 Å². The Morgan fingerprint density at radius 1 is 1.42 bits per heavy atom. The van der Waals surface area contributed by atoms with E-state index in [0.29, 0.717) is 6.42 Å². The maximum Gasteiger partial charge on any atom is 0.172 e. The molecule has 0 fully saturated rings. The largest absolute Gasteiger partial charge is 0.301 e. The van der Waals surface area contributed by atoms with Crippen LogP contribution in [0.1, 0.15) is 33.2 Å². The van der Waals surface area contributed by atoms with Gasteiger partial charge in [0.2, 0.25) is 0 Å². The lowest BCUT2D eigenvalue weighted by molar-refractivity contribution is 0.0980. The summed E-state index contributed by atoms with van der Waals surface area (Å²) < 4.78 is 0. The van der Waals surface area contributed by atoms with Gasteiger partial charge in [-0.2, -0.15) is 0 Å². The molecule has 0 bridgehead atoms. The number of nitrogens with zero attached hydrogens (tertiary/aromatic N) is 2. The first-order valence-electron chi connectivity index (χ1n) is 6.31. The first kappa shape index (κ1) is 14.4. The van der Waals surface area contributed by atoms with Gasteiger partial charge in [-0.05, 0) is 38.4 Å². The first-order valence-corrected chi connectivity index (χ1v) is 8.07. The molecule has 2 aromatic heterocycles. The zero-order valence-corrected chi connectivity index (χ0v) is 12.9. The maximum absolute atomic E-state index is 11.8. The van der Waals surface area contributed by atoms with Gasteiger partial charge in [-0.25, -0.2) is 4.98 Å². The highest BCUT2D eigenvalue weighted by atomic mass is 32.1. The molecule has 19 heavy (non-hydrogen) atoms. The molecular formula is C14H18N2OS2. The lowest BCUT2D eigenvalue weighted by atomic mass is 10.2. The van der Waals surface area contributed by atoms with Gasteiger partial charge in [0.25, 0.3) is 0 Å². The van der Waals surface area contributed by atoms with E-state index in [1.807, 2.05) is 24.4 Å². The fourth-order valence-corrected chi connectivity index (χ4v) is 3.20. The molecule has 102 valence electrons. The molecule has 0 saturated heterocycles. The third-order valence-electron chi connectivity index (χ3n) is 2.84. The molecule has 0 saturated carbocycles. The van der Waals surface area contributed by atoms with Crippen LogP contribution in [0, 0.1) is 6.92 Å². The number of carbonyl (C=O) groups excluding carboxylic acids is 1. The highest BCUT2D eigenvalue weighted by Gasteiger charge is 2.08. The molecule has 0 amide bonds. The second kappa shape index (κ2) is 6.93. The van der Waals surface area contributed by atoms with Gasteiger partial charge in [-0.1, -0.05) is 6.07 Å². The normalized spacial score (nSPS) is 11.1. The molecule has 0 spiro atoms. The highest BCUT2D eigenvalue weighted by Crippen LogP contribution is 2.13. The Labute approximate surface area is 121 Å². The van der Waals surface area contributed by atoms with Gasteiger partial charge in [-0.3, -0.25) is 4.79 Å². The molecule has 5 heteroatoms. The molecular weight excluding hydrogens is 276 g/mol. The topological polar surface area (TPSA) is 33.2 Å². The quantitative estimate of drug-likeness (QED) is 0.731. The smallest absolute Gasteiger partial charge is 0.172 e. The number of thiazole rings is 1. The summed E-state index contributed by atoms with van der Waals surface area (Å²) in [4.78, 5) is 19.4. The van der Waals surface area contributed by atoms with Gasteiger partial charge in [-0.15, -0.1) is 22.7 Å². The van der Waals surface area contributed by atoms with Crippen LogP contribution in [-0.2, 0) is 6.54 Å². The van der Waals surface area contributed by atoms with Gasteiger partial charge in [0.15, 0.2) is 5.78 Å². The summed E-state index contributed by atoms with van der Waals surface area (Å²) in [6, 6.07) is 3.82. The number of thiophene rings is 1. The van der Waals surface area contributed by atoms with Crippen molar-refractivity contribution >= 4 is 28.5 Å². The number of ketones is 1. The molecule has 3 nitrogen and oxygen atoms in total. The van der Waals surface area contributed by atoms with Crippen LogP contribution >= 0.6 is 22.7 Å². The van der Waals surface area contributed by atoms with Crippen molar-refractivity contribution in [2.75, 3.05) is 13.6 Å². The van der Waals surface area contributed by atoms with Gasteiger partial charge in [0.05, 0.1) is 15.6 Å². The highest BCUT2D eigenvalue weighted by molar-refractivity contribution is 7.12. The Bertz CT molecular complexity index is 519. The number of carbonyl (C=O) groups is 1. The van der Waals surface area contributed by atoms with Crippen molar-refractivity contribution in [1.29, 1.82) is 0 Å². The summed E-state index contributed by atoms with van der Waals surface area (Å²) in [6.07, 6.45) is 1.53. The van der Waals surface area contributed by atoms with Crippen molar-refractivity contribution < 1.29 is 4.79 Å². The van der Waals surface area contributed by atoms with E-state index in [9.17, 15) is 4.79 Å². The molecule has 0 radical (unpaired) electrons. The average molecular weight is 294 g/mol. The van der Waals surface area contributed by atoms with Crippen molar-refractivity contribution in [2.45, 2.75) is 26.3 Å². The third-order valence-corrected chi connectivity index (χ3v) is 4.57. The molecule has 2 heterocycles. The molecule has 0 aromatic carbocycles. The van der Waals surface area contributed by atoms with Gasteiger partial charge >= 0.3 is 0 Å². The molecule has 2 rings (SSSR count). The summed E-state index contributed by atoms with van der Waals surface area (Å²) in [5, 5.41) is 5.16. The minimum atomic E-state index is 0.257. The van der Waals surface area contributed by atoms with Gasteiger partial charge in [0.1, 0.15) is 0 Å². The van der Waals surface area contributed by atoms with E-state index in [4.69, 9.17) is 0 Å². The van der Waals surface area contributed by atoms with Crippen molar-refractivity contribution in [3.63, 3.8) is 0 Å². The maximum atomic E-state index is 11.8. The van der Waals surface area contributed by atoms with Crippen molar-refractivity contribution in [2.24, 2.45) is 0 Å². The van der Waals surface area contributed by atoms with Crippen molar-refractivity contribution in [1.82, 2.24) is 9.88 Å². The van der Waals surface area contributed by atoms with E-state index in [1.54, 1.807) is 11.3 Å².